The van der Waals surface area contributed by atoms with Crippen LogP contribution in [-0.4, -0.2) is 52.9 Å². The number of nitrogens with one attached hydrogen (secondary N) is 2. The molecule has 1 aromatic rings. The highest BCUT2D eigenvalue weighted by Gasteiger charge is 2.42. The SMILES string of the molecule is CC(C)(C)OC(=O)Nc1ncc(C(C=O)N2CC(F)(F)CNC2=O)s1. The molecule has 2 N–H and O–H groups in total. The van der Waals surface area contributed by atoms with Gasteiger partial charge in [-0.1, -0.05) is 11.3 Å². The maximum absolute atomic E-state index is 13.5. The van der Waals surface area contributed by atoms with Crippen molar-refractivity contribution in [3.8, 4) is 0 Å². The number of hydrogen-bond acceptors (Lipinski definition) is 6. The highest BCUT2D eigenvalue weighted by molar-refractivity contribution is 7.15. The molecule has 25 heavy (non-hydrogen) atoms. The molecule has 1 aliphatic rings. The number of thiazole rings is 1. The Morgan fingerprint density at radius 1 is 1.56 bits per heavy atom. The first-order chi connectivity index (χ1) is 11.5. The van der Waals surface area contributed by atoms with Crippen LogP contribution in [0.15, 0.2) is 6.20 Å². The van der Waals surface area contributed by atoms with Gasteiger partial charge in [-0.15, -0.1) is 0 Å². The summed E-state index contributed by atoms with van der Waals surface area (Å²) in [5, 5.41) is 4.56. The molecule has 1 saturated heterocycles. The van der Waals surface area contributed by atoms with E-state index in [1.165, 1.54) is 6.20 Å². The van der Waals surface area contributed by atoms with E-state index in [0.29, 0.717) is 6.29 Å². The van der Waals surface area contributed by atoms with Crippen LogP contribution in [0.25, 0.3) is 0 Å². The van der Waals surface area contributed by atoms with Crippen LogP contribution in [0.2, 0.25) is 0 Å². The van der Waals surface area contributed by atoms with Crippen LogP contribution >= 0.6 is 11.3 Å². The number of carbonyl (C=O) groups excluding carboxylic acids is 3. The van der Waals surface area contributed by atoms with Gasteiger partial charge in [-0.3, -0.25) is 5.32 Å². The lowest BCUT2D eigenvalue weighted by Gasteiger charge is -2.35. The molecule has 1 aromatic heterocycles. The molecule has 1 unspecified atom stereocenters. The van der Waals surface area contributed by atoms with E-state index in [1.807, 2.05) is 5.32 Å². The molecule has 0 radical (unpaired) electrons. The molecule has 1 atom stereocenters. The predicted octanol–water partition coefficient (Wildman–Crippen LogP) is 2.39. The van der Waals surface area contributed by atoms with Gasteiger partial charge < -0.3 is 19.7 Å². The molecule has 0 spiro atoms. The van der Waals surface area contributed by atoms with Crippen molar-refractivity contribution in [2.45, 2.75) is 38.3 Å². The molecule has 0 aliphatic carbocycles. The number of carbonyl (C=O) groups is 3. The van der Waals surface area contributed by atoms with Gasteiger partial charge in [0.05, 0.1) is 18.0 Å². The third-order valence-electron chi connectivity index (χ3n) is 3.05. The normalized spacial score (nSPS) is 18.3. The minimum absolute atomic E-state index is 0.125. The molecular weight excluding hydrogens is 358 g/mol. The fourth-order valence-electron chi connectivity index (χ4n) is 2.07. The number of rotatable bonds is 4. The number of hydrogen-bond donors (Lipinski definition) is 2. The van der Waals surface area contributed by atoms with Crippen molar-refractivity contribution in [1.29, 1.82) is 0 Å². The number of urea groups is 1. The zero-order valence-corrected chi connectivity index (χ0v) is 14.7. The molecule has 2 heterocycles. The largest absolute Gasteiger partial charge is 0.444 e. The summed E-state index contributed by atoms with van der Waals surface area (Å²) in [7, 11) is 0. The summed E-state index contributed by atoms with van der Waals surface area (Å²) in [6.07, 6.45) is 0.890. The van der Waals surface area contributed by atoms with Crippen molar-refractivity contribution in [3.05, 3.63) is 11.1 Å². The summed E-state index contributed by atoms with van der Waals surface area (Å²) in [4.78, 5) is 39.8. The van der Waals surface area contributed by atoms with Crippen molar-refractivity contribution in [2.24, 2.45) is 0 Å². The number of aromatic nitrogens is 1. The molecule has 3 amide bonds. The van der Waals surface area contributed by atoms with Crippen LogP contribution in [0.4, 0.5) is 23.5 Å². The number of alkyl halides is 2. The summed E-state index contributed by atoms with van der Waals surface area (Å²) in [5.74, 6) is -3.14. The van der Waals surface area contributed by atoms with E-state index in [1.54, 1.807) is 20.8 Å². The lowest BCUT2D eigenvalue weighted by molar-refractivity contribution is -0.114. The summed E-state index contributed by atoms with van der Waals surface area (Å²) in [6.45, 7) is 3.42. The van der Waals surface area contributed by atoms with Gasteiger partial charge in [0.25, 0.3) is 5.92 Å². The van der Waals surface area contributed by atoms with Crippen LogP contribution < -0.4 is 10.6 Å². The van der Waals surface area contributed by atoms with E-state index in [-0.39, 0.29) is 10.0 Å². The number of halogens is 2. The molecule has 8 nitrogen and oxygen atoms in total. The van der Waals surface area contributed by atoms with Gasteiger partial charge >= 0.3 is 12.1 Å². The van der Waals surface area contributed by atoms with Gasteiger partial charge in [-0.25, -0.2) is 23.4 Å². The Kier molecular flexibility index (Phi) is 5.26. The zero-order chi connectivity index (χ0) is 18.8. The van der Waals surface area contributed by atoms with Crippen molar-refractivity contribution in [1.82, 2.24) is 15.2 Å². The standard InChI is InChI=1S/C14H18F2N4O4S/c1-13(2,3)24-12(23)19-10-17-4-9(25-10)8(5-21)20-7-14(15,16)6-18-11(20)22/h4-5,8H,6-7H2,1-3H3,(H,18,22)(H,17,19,23). The third kappa shape index (κ3) is 5.08. The fourth-order valence-corrected chi connectivity index (χ4v) is 2.95. The smallest absolute Gasteiger partial charge is 0.413 e. The predicted molar refractivity (Wildman–Crippen MR) is 85.8 cm³/mol. The van der Waals surface area contributed by atoms with Crippen LogP contribution in [-0.2, 0) is 9.53 Å². The Morgan fingerprint density at radius 2 is 2.24 bits per heavy atom. The van der Waals surface area contributed by atoms with Crippen molar-refractivity contribution in [2.75, 3.05) is 18.4 Å². The van der Waals surface area contributed by atoms with E-state index in [2.05, 4.69) is 10.3 Å². The number of nitrogens with zero attached hydrogens (tertiary/aromatic N) is 2. The van der Waals surface area contributed by atoms with Gasteiger partial charge in [0.1, 0.15) is 17.9 Å². The van der Waals surface area contributed by atoms with Crippen molar-refractivity contribution >= 4 is 34.9 Å². The van der Waals surface area contributed by atoms with Crippen molar-refractivity contribution < 1.29 is 27.9 Å². The average molecular weight is 376 g/mol. The molecule has 138 valence electrons. The van der Waals surface area contributed by atoms with Gasteiger partial charge in [-0.05, 0) is 20.8 Å². The summed E-state index contributed by atoms with van der Waals surface area (Å²) in [5.41, 5.74) is -0.701. The number of anilines is 1. The molecule has 1 aliphatic heterocycles. The summed E-state index contributed by atoms with van der Waals surface area (Å²) < 4.78 is 32.1. The first kappa shape index (κ1) is 19.0. The minimum atomic E-state index is -3.14. The summed E-state index contributed by atoms with van der Waals surface area (Å²) >= 11 is 0.895. The lowest BCUT2D eigenvalue weighted by atomic mass is 10.2. The van der Waals surface area contributed by atoms with Crippen molar-refractivity contribution in [3.63, 3.8) is 0 Å². The van der Waals surface area contributed by atoms with Crippen LogP contribution in [0.3, 0.4) is 0 Å². The monoisotopic (exact) mass is 376 g/mol. The second-order valence-electron chi connectivity index (χ2n) is 6.42. The van der Waals surface area contributed by atoms with Gasteiger partial charge in [-0.2, -0.15) is 0 Å². The quantitative estimate of drug-likeness (QED) is 0.786. The van der Waals surface area contributed by atoms with E-state index in [4.69, 9.17) is 4.74 Å². The Bertz CT molecular complexity index is 674. The molecule has 0 saturated carbocycles. The number of amides is 3. The van der Waals surface area contributed by atoms with Gasteiger partial charge in [0.15, 0.2) is 5.13 Å². The zero-order valence-electron chi connectivity index (χ0n) is 13.8. The molecule has 0 bridgehead atoms. The first-order valence-corrected chi connectivity index (χ1v) is 8.16. The second-order valence-corrected chi connectivity index (χ2v) is 7.48. The fraction of sp³-hybridized carbons (Fsp3) is 0.571. The topological polar surface area (TPSA) is 101 Å². The highest BCUT2D eigenvalue weighted by Crippen LogP contribution is 2.31. The number of aldehydes is 1. The van der Waals surface area contributed by atoms with Gasteiger partial charge in [0, 0.05) is 6.20 Å². The highest BCUT2D eigenvalue weighted by atomic mass is 32.1. The van der Waals surface area contributed by atoms with Crippen LogP contribution in [0, 0.1) is 0 Å². The second kappa shape index (κ2) is 6.90. The van der Waals surface area contributed by atoms with E-state index >= 15 is 0 Å². The van der Waals surface area contributed by atoms with Crippen LogP contribution in [0.1, 0.15) is 31.7 Å². The Labute approximate surface area is 146 Å². The average Bonchev–Trinajstić information content (AvgIpc) is 2.89. The van der Waals surface area contributed by atoms with E-state index < -0.39 is 42.8 Å². The number of ether oxygens (including phenoxy) is 1. The van der Waals surface area contributed by atoms with E-state index in [0.717, 1.165) is 16.2 Å². The maximum atomic E-state index is 13.5. The Balaban J connectivity index is 2.12. The minimum Gasteiger partial charge on any atom is -0.444 e. The maximum Gasteiger partial charge on any atom is 0.413 e. The molecule has 0 aromatic carbocycles. The molecular formula is C14H18F2N4O4S. The molecule has 11 heteroatoms. The van der Waals surface area contributed by atoms with Crippen LogP contribution in [0.5, 0.6) is 0 Å². The Hall–Kier alpha value is -2.30. The Morgan fingerprint density at radius 3 is 2.84 bits per heavy atom. The summed E-state index contributed by atoms with van der Waals surface area (Å²) in [6, 6.07) is -1.99. The first-order valence-electron chi connectivity index (χ1n) is 7.34. The lowest BCUT2D eigenvalue weighted by Crippen LogP contribution is -2.57. The van der Waals surface area contributed by atoms with E-state index in [9.17, 15) is 23.2 Å². The molecule has 1 fully saturated rings. The third-order valence-corrected chi connectivity index (χ3v) is 4.03. The molecule has 2 rings (SSSR count). The van der Waals surface area contributed by atoms with Gasteiger partial charge in [0.2, 0.25) is 0 Å².